The topological polar surface area (TPSA) is 35.5 Å². The summed E-state index contributed by atoms with van der Waals surface area (Å²) in [6.07, 6.45) is 3.63. The van der Waals surface area contributed by atoms with Gasteiger partial charge in [-0.05, 0) is 44.0 Å². The van der Waals surface area contributed by atoms with Crippen LogP contribution in [0.1, 0.15) is 38.7 Å². The standard InChI is InChI=1S/C17H28N2O/c1-3-17(2,14-20)13-18-16-9-5-4-8-15(16)12-19-10-6-7-11-19/h4-5,8-9,18,20H,3,6-7,10-14H2,1-2H3. The zero-order valence-electron chi connectivity index (χ0n) is 12.9. The SMILES string of the molecule is CCC(C)(CO)CNc1ccccc1CN1CCCC1. The van der Waals surface area contributed by atoms with Crippen LogP contribution in [0.4, 0.5) is 5.69 Å². The fourth-order valence-electron chi connectivity index (χ4n) is 2.61. The maximum Gasteiger partial charge on any atom is 0.0501 e. The van der Waals surface area contributed by atoms with Crippen LogP contribution in [0, 0.1) is 5.41 Å². The van der Waals surface area contributed by atoms with Gasteiger partial charge in [0.25, 0.3) is 0 Å². The molecule has 1 unspecified atom stereocenters. The Labute approximate surface area is 123 Å². The lowest BCUT2D eigenvalue weighted by atomic mass is 9.88. The van der Waals surface area contributed by atoms with Gasteiger partial charge in [-0.2, -0.15) is 0 Å². The first-order chi connectivity index (χ1) is 9.67. The van der Waals surface area contributed by atoms with Crippen LogP contribution in [0.5, 0.6) is 0 Å². The summed E-state index contributed by atoms with van der Waals surface area (Å²) in [5.41, 5.74) is 2.54. The van der Waals surface area contributed by atoms with Crippen molar-refractivity contribution in [1.82, 2.24) is 4.90 Å². The first kappa shape index (κ1) is 15.3. The number of hydrogen-bond acceptors (Lipinski definition) is 3. The molecule has 0 radical (unpaired) electrons. The molecule has 0 saturated carbocycles. The number of aliphatic hydroxyl groups excluding tert-OH is 1. The van der Waals surface area contributed by atoms with Crippen LogP contribution in [-0.2, 0) is 6.54 Å². The monoisotopic (exact) mass is 276 g/mol. The van der Waals surface area contributed by atoms with Crippen LogP contribution >= 0.6 is 0 Å². The van der Waals surface area contributed by atoms with Crippen molar-refractivity contribution in [2.24, 2.45) is 5.41 Å². The molecule has 20 heavy (non-hydrogen) atoms. The Bertz CT molecular complexity index is 409. The minimum atomic E-state index is -0.0409. The van der Waals surface area contributed by atoms with Crippen LogP contribution in [0.25, 0.3) is 0 Å². The number of likely N-dealkylation sites (tertiary alicyclic amines) is 1. The molecular formula is C17H28N2O. The van der Waals surface area contributed by atoms with Gasteiger partial charge in [-0.1, -0.05) is 32.0 Å². The molecule has 0 spiro atoms. The van der Waals surface area contributed by atoms with Crippen molar-refractivity contribution in [1.29, 1.82) is 0 Å². The van der Waals surface area contributed by atoms with Gasteiger partial charge in [0, 0.05) is 24.2 Å². The highest BCUT2D eigenvalue weighted by Gasteiger charge is 2.21. The smallest absolute Gasteiger partial charge is 0.0501 e. The third-order valence-corrected chi connectivity index (χ3v) is 4.55. The van der Waals surface area contributed by atoms with E-state index in [1.54, 1.807) is 0 Å². The molecule has 0 amide bonds. The number of benzene rings is 1. The molecule has 0 bridgehead atoms. The molecule has 1 aliphatic rings. The Morgan fingerprint density at radius 2 is 1.95 bits per heavy atom. The van der Waals surface area contributed by atoms with Crippen LogP contribution < -0.4 is 5.32 Å². The number of anilines is 1. The van der Waals surface area contributed by atoms with Crippen molar-refractivity contribution in [3.8, 4) is 0 Å². The van der Waals surface area contributed by atoms with Gasteiger partial charge in [0.1, 0.15) is 0 Å². The van der Waals surface area contributed by atoms with Crippen molar-refractivity contribution < 1.29 is 5.11 Å². The normalized spacial score (nSPS) is 18.9. The number of hydrogen-bond donors (Lipinski definition) is 2. The fourth-order valence-corrected chi connectivity index (χ4v) is 2.61. The third kappa shape index (κ3) is 3.97. The lowest BCUT2D eigenvalue weighted by Gasteiger charge is -2.27. The van der Waals surface area contributed by atoms with E-state index in [9.17, 15) is 5.11 Å². The van der Waals surface area contributed by atoms with E-state index in [4.69, 9.17) is 0 Å². The van der Waals surface area contributed by atoms with E-state index in [-0.39, 0.29) is 12.0 Å². The third-order valence-electron chi connectivity index (χ3n) is 4.55. The number of rotatable bonds is 7. The van der Waals surface area contributed by atoms with Crippen LogP contribution in [0.15, 0.2) is 24.3 Å². The molecule has 1 aromatic carbocycles. The molecule has 0 aromatic heterocycles. The predicted molar refractivity (Wildman–Crippen MR) is 84.9 cm³/mol. The molecule has 2 rings (SSSR count). The number of para-hydroxylation sites is 1. The van der Waals surface area contributed by atoms with Gasteiger partial charge >= 0.3 is 0 Å². The Hall–Kier alpha value is -1.06. The highest BCUT2D eigenvalue weighted by Crippen LogP contribution is 2.24. The number of aliphatic hydroxyl groups is 1. The van der Waals surface area contributed by atoms with Crippen molar-refractivity contribution in [2.45, 2.75) is 39.7 Å². The second kappa shape index (κ2) is 7.09. The van der Waals surface area contributed by atoms with E-state index in [1.807, 2.05) is 0 Å². The van der Waals surface area contributed by atoms with E-state index in [1.165, 1.54) is 37.2 Å². The fraction of sp³-hybridized carbons (Fsp3) is 0.647. The first-order valence-electron chi connectivity index (χ1n) is 7.82. The Morgan fingerprint density at radius 1 is 1.25 bits per heavy atom. The number of nitrogens with zero attached hydrogens (tertiary/aromatic N) is 1. The maximum absolute atomic E-state index is 9.51. The zero-order valence-corrected chi connectivity index (χ0v) is 12.9. The summed E-state index contributed by atoms with van der Waals surface area (Å²) in [5, 5.41) is 13.1. The van der Waals surface area contributed by atoms with Gasteiger partial charge in [-0.15, -0.1) is 0 Å². The highest BCUT2D eigenvalue weighted by molar-refractivity contribution is 5.51. The predicted octanol–water partition coefficient (Wildman–Crippen LogP) is 3.10. The van der Waals surface area contributed by atoms with Gasteiger partial charge in [-0.25, -0.2) is 0 Å². The molecule has 3 heteroatoms. The Morgan fingerprint density at radius 3 is 2.60 bits per heavy atom. The lowest BCUT2D eigenvalue weighted by Crippen LogP contribution is -2.30. The number of nitrogens with one attached hydrogen (secondary N) is 1. The average Bonchev–Trinajstić information content (AvgIpc) is 2.99. The van der Waals surface area contributed by atoms with Gasteiger partial charge < -0.3 is 10.4 Å². The van der Waals surface area contributed by atoms with Crippen molar-refractivity contribution in [3.05, 3.63) is 29.8 Å². The second-order valence-electron chi connectivity index (χ2n) is 6.32. The molecule has 0 aliphatic carbocycles. The molecule has 1 heterocycles. The van der Waals surface area contributed by atoms with Crippen LogP contribution in [0.2, 0.25) is 0 Å². The lowest BCUT2D eigenvalue weighted by molar-refractivity contribution is 0.149. The van der Waals surface area contributed by atoms with E-state index in [2.05, 4.69) is 48.3 Å². The van der Waals surface area contributed by atoms with E-state index in [0.717, 1.165) is 19.5 Å². The second-order valence-corrected chi connectivity index (χ2v) is 6.32. The largest absolute Gasteiger partial charge is 0.396 e. The molecule has 1 atom stereocenters. The molecule has 112 valence electrons. The Balaban J connectivity index is 2.00. The summed E-state index contributed by atoms with van der Waals surface area (Å²) in [6, 6.07) is 8.56. The molecule has 1 aliphatic heterocycles. The summed E-state index contributed by atoms with van der Waals surface area (Å²) in [7, 11) is 0. The van der Waals surface area contributed by atoms with Crippen molar-refractivity contribution in [3.63, 3.8) is 0 Å². The quantitative estimate of drug-likeness (QED) is 0.803. The minimum Gasteiger partial charge on any atom is -0.396 e. The molecular weight excluding hydrogens is 248 g/mol. The molecule has 1 fully saturated rings. The molecule has 1 aromatic rings. The summed E-state index contributed by atoms with van der Waals surface area (Å²) in [6.45, 7) is 8.78. The average molecular weight is 276 g/mol. The van der Waals surface area contributed by atoms with Gasteiger partial charge in [0.15, 0.2) is 0 Å². The molecule has 2 N–H and O–H groups in total. The Kier molecular flexibility index (Phi) is 5.44. The highest BCUT2D eigenvalue weighted by atomic mass is 16.3. The van der Waals surface area contributed by atoms with Crippen LogP contribution in [0.3, 0.4) is 0 Å². The van der Waals surface area contributed by atoms with Gasteiger partial charge in [-0.3, -0.25) is 4.90 Å². The summed E-state index contributed by atoms with van der Waals surface area (Å²) < 4.78 is 0. The summed E-state index contributed by atoms with van der Waals surface area (Å²) in [5.74, 6) is 0. The van der Waals surface area contributed by atoms with Gasteiger partial charge in [0.05, 0.1) is 6.61 Å². The van der Waals surface area contributed by atoms with Crippen molar-refractivity contribution in [2.75, 3.05) is 31.6 Å². The zero-order chi connectivity index (χ0) is 14.4. The molecule has 3 nitrogen and oxygen atoms in total. The first-order valence-corrected chi connectivity index (χ1v) is 7.82. The van der Waals surface area contributed by atoms with E-state index in [0.29, 0.717) is 0 Å². The van der Waals surface area contributed by atoms with Crippen LogP contribution in [-0.4, -0.2) is 36.2 Å². The summed E-state index contributed by atoms with van der Waals surface area (Å²) in [4.78, 5) is 2.52. The van der Waals surface area contributed by atoms with E-state index >= 15 is 0 Å². The van der Waals surface area contributed by atoms with Gasteiger partial charge in [0.2, 0.25) is 0 Å². The molecule has 1 saturated heterocycles. The maximum atomic E-state index is 9.51. The summed E-state index contributed by atoms with van der Waals surface area (Å²) >= 11 is 0. The minimum absolute atomic E-state index is 0.0409. The van der Waals surface area contributed by atoms with E-state index < -0.39 is 0 Å². The van der Waals surface area contributed by atoms with Crippen molar-refractivity contribution >= 4 is 5.69 Å².